The Morgan fingerprint density at radius 3 is 2.68 bits per heavy atom. The average Bonchev–Trinajstić information content (AvgIpc) is 3.40. The molecule has 1 aliphatic carbocycles. The molecule has 1 saturated carbocycles. The quantitative estimate of drug-likeness (QED) is 0.884. The number of hydrogen-bond acceptors (Lipinski definition) is 5. The molecule has 0 aliphatic heterocycles. The lowest BCUT2D eigenvalue weighted by Crippen LogP contribution is -2.28. The maximum atomic E-state index is 9.36. The summed E-state index contributed by atoms with van der Waals surface area (Å²) < 4.78 is 0. The second-order valence-corrected chi connectivity index (χ2v) is 5.48. The predicted octanol–water partition coefficient (Wildman–Crippen LogP) is 2.22. The minimum Gasteiger partial charge on any atom is -0.395 e. The van der Waals surface area contributed by atoms with Crippen molar-refractivity contribution in [3.8, 4) is 6.07 Å². The Hall–Kier alpha value is -2.45. The van der Waals surface area contributed by atoms with E-state index < -0.39 is 0 Å². The highest BCUT2D eigenvalue weighted by Gasteiger charge is 2.28. The van der Waals surface area contributed by atoms with Crippen LogP contribution in [0.3, 0.4) is 0 Å². The van der Waals surface area contributed by atoms with Gasteiger partial charge in [-0.2, -0.15) is 5.26 Å². The van der Waals surface area contributed by atoms with Crippen molar-refractivity contribution in [1.82, 2.24) is 9.97 Å². The van der Waals surface area contributed by atoms with Crippen LogP contribution in [0, 0.1) is 11.3 Å². The van der Waals surface area contributed by atoms with Crippen molar-refractivity contribution in [2.24, 2.45) is 0 Å². The molecule has 2 aromatic rings. The lowest BCUT2D eigenvalue weighted by molar-refractivity contribution is 0.301. The van der Waals surface area contributed by atoms with Gasteiger partial charge in [0.25, 0.3) is 0 Å². The fraction of sp³-hybridized carbons (Fsp3) is 0.353. The van der Waals surface area contributed by atoms with Gasteiger partial charge >= 0.3 is 0 Å². The van der Waals surface area contributed by atoms with E-state index in [1.165, 1.54) is 0 Å². The molecule has 1 fully saturated rings. The molecule has 1 aromatic heterocycles. The lowest BCUT2D eigenvalue weighted by Gasteiger charge is -2.24. The number of hydrogen-bond donors (Lipinski definition) is 1. The number of benzene rings is 1. The van der Waals surface area contributed by atoms with Crippen molar-refractivity contribution in [3.05, 3.63) is 53.5 Å². The summed E-state index contributed by atoms with van der Waals surface area (Å²) in [7, 11) is 0. The standard InChI is InChI=1S/C17H18N4O/c18-10-15-11-19-16(14-6-7-14)20-17(15)21(8-9-22)12-13-4-2-1-3-5-13/h1-5,11,14,22H,6-9,12H2. The van der Waals surface area contributed by atoms with Crippen molar-refractivity contribution in [2.45, 2.75) is 25.3 Å². The van der Waals surface area contributed by atoms with Crippen molar-refractivity contribution < 1.29 is 5.11 Å². The predicted molar refractivity (Wildman–Crippen MR) is 83.3 cm³/mol. The molecule has 3 rings (SSSR count). The number of aliphatic hydroxyl groups is 1. The van der Waals surface area contributed by atoms with Gasteiger partial charge in [-0.05, 0) is 18.4 Å². The zero-order valence-electron chi connectivity index (χ0n) is 12.3. The molecule has 0 radical (unpaired) electrons. The SMILES string of the molecule is N#Cc1cnc(C2CC2)nc1N(CCO)Cc1ccccc1. The van der Waals surface area contributed by atoms with E-state index in [-0.39, 0.29) is 6.61 Å². The van der Waals surface area contributed by atoms with Crippen LogP contribution >= 0.6 is 0 Å². The van der Waals surface area contributed by atoms with Crippen molar-refractivity contribution >= 4 is 5.82 Å². The first-order valence-electron chi connectivity index (χ1n) is 7.48. The summed E-state index contributed by atoms with van der Waals surface area (Å²) in [5, 5.41) is 18.7. The Labute approximate surface area is 129 Å². The molecule has 22 heavy (non-hydrogen) atoms. The second-order valence-electron chi connectivity index (χ2n) is 5.48. The Morgan fingerprint density at radius 2 is 2.05 bits per heavy atom. The molecule has 0 bridgehead atoms. The highest BCUT2D eigenvalue weighted by atomic mass is 16.3. The van der Waals surface area contributed by atoms with Crippen molar-refractivity contribution in [3.63, 3.8) is 0 Å². The molecule has 112 valence electrons. The smallest absolute Gasteiger partial charge is 0.150 e. The van der Waals surface area contributed by atoms with E-state index in [9.17, 15) is 10.4 Å². The van der Waals surface area contributed by atoms with Gasteiger partial charge in [-0.1, -0.05) is 30.3 Å². The molecule has 5 nitrogen and oxygen atoms in total. The van der Waals surface area contributed by atoms with Crippen LogP contribution < -0.4 is 4.90 Å². The van der Waals surface area contributed by atoms with E-state index >= 15 is 0 Å². The van der Waals surface area contributed by atoms with Gasteiger partial charge in [0.15, 0.2) is 5.82 Å². The van der Waals surface area contributed by atoms with E-state index in [0.29, 0.717) is 30.4 Å². The third-order valence-electron chi connectivity index (χ3n) is 3.74. The first-order chi connectivity index (χ1) is 10.8. The van der Waals surface area contributed by atoms with Gasteiger partial charge in [-0.3, -0.25) is 0 Å². The average molecular weight is 294 g/mol. The highest BCUT2D eigenvalue weighted by Crippen LogP contribution is 2.38. The van der Waals surface area contributed by atoms with Gasteiger partial charge in [0.2, 0.25) is 0 Å². The second kappa shape index (κ2) is 6.54. The fourth-order valence-corrected chi connectivity index (χ4v) is 2.43. The lowest BCUT2D eigenvalue weighted by atomic mass is 10.2. The number of aliphatic hydroxyl groups excluding tert-OH is 1. The van der Waals surface area contributed by atoms with E-state index in [4.69, 9.17) is 0 Å². The molecule has 1 aliphatic rings. The van der Waals surface area contributed by atoms with Gasteiger partial charge in [0.05, 0.1) is 12.8 Å². The Kier molecular flexibility index (Phi) is 4.31. The molecule has 0 spiro atoms. The minimum atomic E-state index is 0.0144. The van der Waals surface area contributed by atoms with Crippen LogP contribution in [-0.2, 0) is 6.54 Å². The third-order valence-corrected chi connectivity index (χ3v) is 3.74. The molecule has 0 saturated heterocycles. The largest absolute Gasteiger partial charge is 0.395 e. The number of anilines is 1. The minimum absolute atomic E-state index is 0.0144. The van der Waals surface area contributed by atoms with Crippen LogP contribution in [0.5, 0.6) is 0 Å². The van der Waals surface area contributed by atoms with Gasteiger partial charge < -0.3 is 10.0 Å². The molecule has 0 amide bonds. The van der Waals surface area contributed by atoms with Crippen LogP contribution in [0.15, 0.2) is 36.5 Å². The number of nitriles is 1. The third kappa shape index (κ3) is 3.23. The molecular formula is C17H18N4O. The van der Waals surface area contributed by atoms with Gasteiger partial charge in [0, 0.05) is 19.0 Å². The van der Waals surface area contributed by atoms with Crippen LogP contribution in [0.25, 0.3) is 0 Å². The maximum absolute atomic E-state index is 9.36. The zero-order valence-corrected chi connectivity index (χ0v) is 12.3. The summed E-state index contributed by atoms with van der Waals surface area (Å²) in [6, 6.07) is 12.1. The van der Waals surface area contributed by atoms with Gasteiger partial charge in [-0.15, -0.1) is 0 Å². The number of nitrogens with zero attached hydrogens (tertiary/aromatic N) is 4. The summed E-state index contributed by atoms with van der Waals surface area (Å²) >= 11 is 0. The van der Waals surface area contributed by atoms with Crippen molar-refractivity contribution in [1.29, 1.82) is 5.26 Å². The Morgan fingerprint density at radius 1 is 1.27 bits per heavy atom. The fourth-order valence-electron chi connectivity index (χ4n) is 2.43. The zero-order chi connectivity index (χ0) is 15.4. The molecule has 0 unspecified atom stereocenters. The molecule has 1 aromatic carbocycles. The summed E-state index contributed by atoms with van der Waals surface area (Å²) in [4.78, 5) is 10.8. The first kappa shape index (κ1) is 14.5. The summed E-state index contributed by atoms with van der Waals surface area (Å²) in [5.41, 5.74) is 1.57. The number of rotatable bonds is 6. The normalized spacial score (nSPS) is 13.6. The van der Waals surface area contributed by atoms with Crippen LogP contribution in [-0.4, -0.2) is 28.2 Å². The van der Waals surface area contributed by atoms with Crippen LogP contribution in [0.4, 0.5) is 5.82 Å². The van der Waals surface area contributed by atoms with E-state index in [0.717, 1.165) is 24.2 Å². The van der Waals surface area contributed by atoms with Crippen LogP contribution in [0.1, 0.15) is 35.7 Å². The summed E-state index contributed by atoms with van der Waals surface area (Å²) in [6.45, 7) is 1.06. The number of aromatic nitrogens is 2. The molecular weight excluding hydrogens is 276 g/mol. The van der Waals surface area contributed by atoms with E-state index in [2.05, 4.69) is 16.0 Å². The van der Waals surface area contributed by atoms with Gasteiger partial charge in [-0.25, -0.2) is 9.97 Å². The summed E-state index contributed by atoms with van der Waals surface area (Å²) in [6.07, 6.45) is 3.83. The van der Waals surface area contributed by atoms with Crippen LogP contribution in [0.2, 0.25) is 0 Å². The topological polar surface area (TPSA) is 73.0 Å². The summed E-state index contributed by atoms with van der Waals surface area (Å²) in [5.74, 6) is 1.86. The molecule has 0 atom stereocenters. The first-order valence-corrected chi connectivity index (χ1v) is 7.48. The maximum Gasteiger partial charge on any atom is 0.150 e. The van der Waals surface area contributed by atoms with Gasteiger partial charge in [0.1, 0.15) is 17.5 Å². The van der Waals surface area contributed by atoms with E-state index in [1.54, 1.807) is 6.20 Å². The van der Waals surface area contributed by atoms with Crippen molar-refractivity contribution in [2.75, 3.05) is 18.1 Å². The van der Waals surface area contributed by atoms with E-state index in [1.807, 2.05) is 35.2 Å². The monoisotopic (exact) mass is 294 g/mol. The molecule has 5 heteroatoms. The highest BCUT2D eigenvalue weighted by molar-refractivity contribution is 5.53. The molecule has 1 heterocycles. The molecule has 1 N–H and O–H groups in total. The Bertz CT molecular complexity index is 677. The Balaban J connectivity index is 1.92.